The van der Waals surface area contributed by atoms with Gasteiger partial charge in [-0.15, -0.1) is 12.4 Å². The maximum absolute atomic E-state index is 12.4. The van der Waals surface area contributed by atoms with Crippen molar-refractivity contribution in [2.24, 2.45) is 5.73 Å². The molecule has 0 aromatic heterocycles. The lowest BCUT2D eigenvalue weighted by molar-refractivity contribution is 0.284. The normalized spacial score (nSPS) is 11.4. The van der Waals surface area contributed by atoms with E-state index in [9.17, 15) is 4.39 Å². The van der Waals surface area contributed by atoms with E-state index in [4.69, 9.17) is 15.2 Å². The van der Waals surface area contributed by atoms with Gasteiger partial charge in [-0.25, -0.2) is 0 Å². The number of hydrogen-bond acceptors (Lipinski definition) is 3. The molecule has 1 atom stereocenters. The molecule has 0 aliphatic heterocycles. The lowest BCUT2D eigenvalue weighted by Gasteiger charge is -2.15. The van der Waals surface area contributed by atoms with Gasteiger partial charge in [-0.05, 0) is 29.7 Å². The van der Waals surface area contributed by atoms with E-state index >= 15 is 0 Å². The highest BCUT2D eigenvalue weighted by Crippen LogP contribution is 2.31. The van der Waals surface area contributed by atoms with Crippen LogP contribution in [0.2, 0.25) is 0 Å². The number of ether oxygens (including phenoxy) is 2. The molecule has 0 saturated heterocycles. The van der Waals surface area contributed by atoms with Crippen molar-refractivity contribution in [3.05, 3.63) is 59.7 Å². The summed E-state index contributed by atoms with van der Waals surface area (Å²) in [5.41, 5.74) is 7.85. The molecule has 120 valence electrons. The van der Waals surface area contributed by atoms with Gasteiger partial charge in [-0.3, -0.25) is 4.39 Å². The topological polar surface area (TPSA) is 44.5 Å². The van der Waals surface area contributed by atoms with Crippen molar-refractivity contribution >= 4 is 12.4 Å². The Labute approximate surface area is 136 Å². The predicted octanol–water partition coefficient (Wildman–Crippen LogP) is 4.06. The van der Waals surface area contributed by atoms with Crippen LogP contribution >= 0.6 is 12.4 Å². The Bertz CT molecular complexity index is 566. The monoisotopic (exact) mass is 325 g/mol. The Morgan fingerprint density at radius 2 is 1.82 bits per heavy atom. The third kappa shape index (κ3) is 4.90. The van der Waals surface area contributed by atoms with Gasteiger partial charge in [-0.1, -0.05) is 36.4 Å². The molecule has 22 heavy (non-hydrogen) atoms. The van der Waals surface area contributed by atoms with Gasteiger partial charge in [0.25, 0.3) is 0 Å². The van der Waals surface area contributed by atoms with E-state index in [0.717, 1.165) is 11.1 Å². The molecule has 0 bridgehead atoms. The molecule has 5 heteroatoms. The molecule has 0 amide bonds. The molecule has 3 nitrogen and oxygen atoms in total. The van der Waals surface area contributed by atoms with E-state index < -0.39 is 6.67 Å². The smallest absolute Gasteiger partial charge is 0.161 e. The standard InChI is InChI=1S/C17H20FNO2.ClH/c1-20-16-8-7-14(15(19)9-10-18)11-17(16)21-12-13-5-3-2-4-6-13;/h2-8,11,15H,9-10,12,19H2,1H3;1H/t15-;/m1./s1. The minimum atomic E-state index is -0.437. The Morgan fingerprint density at radius 1 is 1.09 bits per heavy atom. The Balaban J connectivity index is 0.00000242. The molecule has 2 rings (SSSR count). The summed E-state index contributed by atoms with van der Waals surface area (Å²) in [5.74, 6) is 1.26. The van der Waals surface area contributed by atoms with E-state index in [1.54, 1.807) is 13.2 Å². The molecule has 0 heterocycles. The predicted molar refractivity (Wildman–Crippen MR) is 88.5 cm³/mol. The summed E-state index contributed by atoms with van der Waals surface area (Å²) in [6, 6.07) is 15.0. The fourth-order valence-electron chi connectivity index (χ4n) is 2.06. The Hall–Kier alpha value is -1.78. The lowest BCUT2D eigenvalue weighted by Crippen LogP contribution is -2.11. The zero-order valence-electron chi connectivity index (χ0n) is 12.5. The van der Waals surface area contributed by atoms with Crippen molar-refractivity contribution < 1.29 is 13.9 Å². The van der Waals surface area contributed by atoms with Gasteiger partial charge < -0.3 is 15.2 Å². The maximum Gasteiger partial charge on any atom is 0.161 e. The molecule has 0 radical (unpaired) electrons. The highest BCUT2D eigenvalue weighted by atomic mass is 35.5. The van der Waals surface area contributed by atoms with E-state index in [2.05, 4.69) is 0 Å². The molecule has 0 unspecified atom stereocenters. The molecule has 0 fully saturated rings. The number of halogens is 2. The molecule has 0 aliphatic carbocycles. The highest BCUT2D eigenvalue weighted by Gasteiger charge is 2.11. The van der Waals surface area contributed by atoms with E-state index in [-0.39, 0.29) is 18.4 Å². The Kier molecular flexibility index (Phi) is 7.71. The second kappa shape index (κ2) is 9.28. The average Bonchev–Trinajstić information content (AvgIpc) is 2.54. The summed E-state index contributed by atoms with van der Waals surface area (Å²) in [4.78, 5) is 0. The minimum Gasteiger partial charge on any atom is -0.493 e. The first-order valence-electron chi connectivity index (χ1n) is 6.90. The summed E-state index contributed by atoms with van der Waals surface area (Å²) in [7, 11) is 1.59. The van der Waals surface area contributed by atoms with Crippen molar-refractivity contribution in [2.75, 3.05) is 13.8 Å². The number of benzene rings is 2. The number of methoxy groups -OCH3 is 1. The van der Waals surface area contributed by atoms with Crippen molar-refractivity contribution in [2.45, 2.75) is 19.1 Å². The summed E-state index contributed by atoms with van der Waals surface area (Å²) < 4.78 is 23.5. The van der Waals surface area contributed by atoms with E-state index in [1.807, 2.05) is 42.5 Å². The molecular weight excluding hydrogens is 305 g/mol. The molecule has 2 N–H and O–H groups in total. The van der Waals surface area contributed by atoms with Crippen LogP contribution in [0.1, 0.15) is 23.6 Å². The van der Waals surface area contributed by atoms with Crippen LogP contribution in [0, 0.1) is 0 Å². The average molecular weight is 326 g/mol. The van der Waals surface area contributed by atoms with Crippen LogP contribution in [-0.4, -0.2) is 13.8 Å². The highest BCUT2D eigenvalue weighted by molar-refractivity contribution is 5.85. The van der Waals surface area contributed by atoms with Crippen molar-refractivity contribution in [1.29, 1.82) is 0 Å². The first-order valence-corrected chi connectivity index (χ1v) is 6.90. The Morgan fingerprint density at radius 3 is 2.45 bits per heavy atom. The molecular formula is C17H21ClFNO2. The number of rotatable bonds is 7. The largest absolute Gasteiger partial charge is 0.493 e. The molecule has 2 aromatic carbocycles. The van der Waals surface area contributed by atoms with Crippen LogP contribution in [0.15, 0.2) is 48.5 Å². The minimum absolute atomic E-state index is 0. The molecule has 0 spiro atoms. The van der Waals surface area contributed by atoms with Gasteiger partial charge in [0.15, 0.2) is 11.5 Å². The van der Waals surface area contributed by atoms with E-state index in [0.29, 0.717) is 24.5 Å². The third-order valence-corrected chi connectivity index (χ3v) is 3.27. The van der Waals surface area contributed by atoms with Gasteiger partial charge in [0.1, 0.15) is 6.61 Å². The fourth-order valence-corrected chi connectivity index (χ4v) is 2.06. The summed E-state index contributed by atoms with van der Waals surface area (Å²) in [5, 5.41) is 0. The van der Waals surface area contributed by atoms with Crippen molar-refractivity contribution in [3.8, 4) is 11.5 Å². The fraction of sp³-hybridized carbons (Fsp3) is 0.294. The second-order valence-corrected chi connectivity index (χ2v) is 4.77. The van der Waals surface area contributed by atoms with Gasteiger partial charge >= 0.3 is 0 Å². The van der Waals surface area contributed by atoms with Crippen molar-refractivity contribution in [3.63, 3.8) is 0 Å². The van der Waals surface area contributed by atoms with Gasteiger partial charge in [0.2, 0.25) is 0 Å². The summed E-state index contributed by atoms with van der Waals surface area (Å²) in [6.07, 6.45) is 0.296. The quantitative estimate of drug-likeness (QED) is 0.835. The van der Waals surface area contributed by atoms with Crippen LogP contribution in [-0.2, 0) is 6.61 Å². The van der Waals surface area contributed by atoms with E-state index in [1.165, 1.54) is 0 Å². The van der Waals surface area contributed by atoms with Crippen LogP contribution < -0.4 is 15.2 Å². The lowest BCUT2D eigenvalue weighted by atomic mass is 10.0. The van der Waals surface area contributed by atoms with Gasteiger partial charge in [0.05, 0.1) is 13.8 Å². The summed E-state index contributed by atoms with van der Waals surface area (Å²) >= 11 is 0. The van der Waals surface area contributed by atoms with Gasteiger partial charge in [0, 0.05) is 6.04 Å². The van der Waals surface area contributed by atoms with Crippen LogP contribution in [0.4, 0.5) is 4.39 Å². The number of nitrogens with two attached hydrogens (primary N) is 1. The number of alkyl halides is 1. The van der Waals surface area contributed by atoms with Gasteiger partial charge in [-0.2, -0.15) is 0 Å². The zero-order chi connectivity index (χ0) is 15.1. The first kappa shape index (κ1) is 18.3. The third-order valence-electron chi connectivity index (χ3n) is 3.27. The van der Waals surface area contributed by atoms with Crippen LogP contribution in [0.5, 0.6) is 11.5 Å². The van der Waals surface area contributed by atoms with Crippen LogP contribution in [0.25, 0.3) is 0 Å². The number of hydrogen-bond donors (Lipinski definition) is 1. The molecule has 0 aliphatic rings. The van der Waals surface area contributed by atoms with Crippen LogP contribution in [0.3, 0.4) is 0 Å². The maximum atomic E-state index is 12.4. The molecule has 2 aromatic rings. The first-order chi connectivity index (χ1) is 10.2. The molecule has 0 saturated carbocycles. The van der Waals surface area contributed by atoms with Crippen molar-refractivity contribution in [1.82, 2.24) is 0 Å². The zero-order valence-corrected chi connectivity index (χ0v) is 13.3. The summed E-state index contributed by atoms with van der Waals surface area (Å²) in [6.45, 7) is 0.00635. The SMILES string of the molecule is COc1ccc([C@H](N)CCF)cc1OCc1ccccc1.Cl. The second-order valence-electron chi connectivity index (χ2n) is 4.77.